The summed E-state index contributed by atoms with van der Waals surface area (Å²) in [7, 11) is 0. The van der Waals surface area contributed by atoms with E-state index in [-0.39, 0.29) is 5.82 Å². The summed E-state index contributed by atoms with van der Waals surface area (Å²) in [6.45, 7) is 0. The van der Waals surface area contributed by atoms with Gasteiger partial charge in [-0.15, -0.1) is 11.3 Å². The number of benzene rings is 1. The normalized spacial score (nSPS) is 10.9. The lowest BCUT2D eigenvalue weighted by molar-refractivity contribution is 0.620. The van der Waals surface area contributed by atoms with E-state index in [1.54, 1.807) is 0 Å². The zero-order valence-electron chi connectivity index (χ0n) is 6.68. The van der Waals surface area contributed by atoms with E-state index in [4.69, 9.17) is 5.73 Å². The molecule has 0 aliphatic rings. The van der Waals surface area contributed by atoms with Crippen LogP contribution in [0.1, 0.15) is 5.56 Å². The van der Waals surface area contributed by atoms with Crippen LogP contribution >= 0.6 is 27.3 Å². The number of anilines is 1. The van der Waals surface area contributed by atoms with Gasteiger partial charge in [-0.3, -0.25) is 0 Å². The van der Waals surface area contributed by atoms with Gasteiger partial charge in [0.2, 0.25) is 0 Å². The number of hydrogen-bond donors (Lipinski definition) is 1. The lowest BCUT2D eigenvalue weighted by Crippen LogP contribution is -1.95. The van der Waals surface area contributed by atoms with Gasteiger partial charge in [-0.05, 0) is 22.9 Å². The molecule has 0 aliphatic carbocycles. The third-order valence-electron chi connectivity index (χ3n) is 1.97. The lowest BCUT2D eigenvalue weighted by Gasteiger charge is -2.04. The van der Waals surface area contributed by atoms with Crippen LogP contribution < -0.4 is 5.73 Å². The second-order valence-corrected chi connectivity index (χ2v) is 4.20. The van der Waals surface area contributed by atoms with Crippen molar-refractivity contribution < 1.29 is 4.39 Å². The average molecular weight is 260 g/mol. The summed E-state index contributed by atoms with van der Waals surface area (Å²) in [5.74, 6) is -0.236. The highest BCUT2D eigenvalue weighted by molar-refractivity contribution is 9.08. The molecule has 2 aromatic rings. The maximum absolute atomic E-state index is 13.4. The molecule has 1 nitrogen and oxygen atoms in total. The van der Waals surface area contributed by atoms with Gasteiger partial charge in [-0.2, -0.15) is 0 Å². The maximum Gasteiger partial charge on any atom is 0.130 e. The molecule has 4 heteroatoms. The molecule has 1 aromatic heterocycles. The summed E-state index contributed by atoms with van der Waals surface area (Å²) in [4.78, 5) is 0. The number of hydrogen-bond acceptors (Lipinski definition) is 2. The molecule has 0 saturated carbocycles. The van der Waals surface area contributed by atoms with E-state index < -0.39 is 0 Å². The minimum atomic E-state index is -0.236. The topological polar surface area (TPSA) is 26.0 Å². The Bertz CT molecular complexity index is 452. The molecule has 0 radical (unpaired) electrons. The second kappa shape index (κ2) is 3.27. The highest BCUT2D eigenvalue weighted by atomic mass is 79.9. The van der Waals surface area contributed by atoms with Gasteiger partial charge in [0.05, 0.1) is 10.4 Å². The van der Waals surface area contributed by atoms with Crippen molar-refractivity contribution in [2.24, 2.45) is 0 Å². The standard InChI is InChI=1S/C9H7BrFNS/c10-4-6-7(11)3-5-1-2-13-9(5)8(6)12/h1-3H,4,12H2. The first-order valence-electron chi connectivity index (χ1n) is 3.74. The molecule has 0 atom stereocenters. The Balaban J connectivity index is 2.85. The Morgan fingerprint density at radius 2 is 2.31 bits per heavy atom. The Morgan fingerprint density at radius 1 is 1.54 bits per heavy atom. The molecular formula is C9H7BrFNS. The van der Waals surface area contributed by atoms with Crippen LogP contribution in [0.5, 0.6) is 0 Å². The van der Waals surface area contributed by atoms with Crippen molar-refractivity contribution in [3.63, 3.8) is 0 Å². The number of fused-ring (bicyclic) bond motifs is 1. The van der Waals surface area contributed by atoms with Crippen molar-refractivity contribution in [3.05, 3.63) is 28.9 Å². The van der Waals surface area contributed by atoms with Gasteiger partial charge in [-0.1, -0.05) is 15.9 Å². The van der Waals surface area contributed by atoms with Crippen molar-refractivity contribution >= 4 is 43.0 Å². The van der Waals surface area contributed by atoms with Crippen LogP contribution in [-0.2, 0) is 5.33 Å². The van der Waals surface area contributed by atoms with Gasteiger partial charge in [0.1, 0.15) is 5.82 Å². The third kappa shape index (κ3) is 1.34. The number of nitrogens with two attached hydrogens (primary N) is 1. The maximum atomic E-state index is 13.4. The van der Waals surface area contributed by atoms with Crippen LogP contribution in [0.3, 0.4) is 0 Å². The molecule has 0 amide bonds. The first-order chi connectivity index (χ1) is 6.24. The van der Waals surface area contributed by atoms with Crippen molar-refractivity contribution in [3.8, 4) is 0 Å². The molecule has 1 aromatic carbocycles. The monoisotopic (exact) mass is 259 g/mol. The largest absolute Gasteiger partial charge is 0.397 e. The summed E-state index contributed by atoms with van der Waals surface area (Å²) >= 11 is 4.76. The average Bonchev–Trinajstić information content (AvgIpc) is 2.53. The van der Waals surface area contributed by atoms with E-state index in [2.05, 4.69) is 15.9 Å². The number of rotatable bonds is 1. The summed E-state index contributed by atoms with van der Waals surface area (Å²) in [5, 5.41) is 3.25. The molecule has 0 fully saturated rings. The van der Waals surface area contributed by atoms with Gasteiger partial charge in [0, 0.05) is 10.9 Å². The zero-order chi connectivity index (χ0) is 9.42. The molecule has 2 rings (SSSR count). The van der Waals surface area contributed by atoms with E-state index in [1.807, 2.05) is 11.4 Å². The highest BCUT2D eigenvalue weighted by Gasteiger charge is 2.10. The van der Waals surface area contributed by atoms with E-state index in [0.29, 0.717) is 16.6 Å². The molecule has 1 heterocycles. The first-order valence-corrected chi connectivity index (χ1v) is 5.74. The minimum Gasteiger partial charge on any atom is -0.397 e. The molecule has 2 N–H and O–H groups in total. The summed E-state index contributed by atoms with van der Waals surface area (Å²) in [6, 6.07) is 3.40. The second-order valence-electron chi connectivity index (χ2n) is 2.72. The number of thiophene rings is 1. The molecule has 68 valence electrons. The van der Waals surface area contributed by atoms with E-state index in [1.165, 1.54) is 17.4 Å². The predicted octanol–water partition coefficient (Wildman–Crippen LogP) is 3.52. The summed E-state index contributed by atoms with van der Waals surface area (Å²) in [5.41, 5.74) is 6.92. The summed E-state index contributed by atoms with van der Waals surface area (Å²) in [6.07, 6.45) is 0. The zero-order valence-corrected chi connectivity index (χ0v) is 9.08. The Kier molecular flexibility index (Phi) is 2.26. The van der Waals surface area contributed by atoms with Gasteiger partial charge in [0.15, 0.2) is 0 Å². The fourth-order valence-electron chi connectivity index (χ4n) is 1.28. The number of halogens is 2. The molecule has 0 saturated heterocycles. The Morgan fingerprint density at radius 3 is 3.00 bits per heavy atom. The molecule has 0 bridgehead atoms. The summed E-state index contributed by atoms with van der Waals surface area (Å²) < 4.78 is 14.3. The van der Waals surface area contributed by atoms with Crippen molar-refractivity contribution in [2.75, 3.05) is 5.73 Å². The van der Waals surface area contributed by atoms with E-state index >= 15 is 0 Å². The fourth-order valence-corrected chi connectivity index (χ4v) is 2.71. The minimum absolute atomic E-state index is 0.236. The first kappa shape index (κ1) is 8.97. The Labute approximate surface area is 87.5 Å². The van der Waals surface area contributed by atoms with Crippen LogP contribution in [-0.4, -0.2) is 0 Å². The Hall–Kier alpha value is -0.610. The smallest absolute Gasteiger partial charge is 0.130 e. The molecule has 13 heavy (non-hydrogen) atoms. The number of nitrogen functional groups attached to an aromatic ring is 1. The number of alkyl halides is 1. The predicted molar refractivity (Wildman–Crippen MR) is 58.8 cm³/mol. The van der Waals surface area contributed by atoms with Gasteiger partial charge < -0.3 is 5.73 Å². The van der Waals surface area contributed by atoms with Crippen molar-refractivity contribution in [2.45, 2.75) is 5.33 Å². The van der Waals surface area contributed by atoms with Crippen LogP contribution in [0.25, 0.3) is 10.1 Å². The lowest BCUT2D eigenvalue weighted by atomic mass is 10.1. The van der Waals surface area contributed by atoms with Gasteiger partial charge in [0.25, 0.3) is 0 Å². The van der Waals surface area contributed by atoms with E-state index in [0.717, 1.165) is 10.1 Å². The van der Waals surface area contributed by atoms with Crippen LogP contribution in [0.2, 0.25) is 0 Å². The van der Waals surface area contributed by atoms with Crippen LogP contribution in [0, 0.1) is 5.82 Å². The SMILES string of the molecule is Nc1c(CBr)c(F)cc2ccsc12. The van der Waals surface area contributed by atoms with Crippen LogP contribution in [0.15, 0.2) is 17.5 Å². The van der Waals surface area contributed by atoms with E-state index in [9.17, 15) is 4.39 Å². The van der Waals surface area contributed by atoms with Gasteiger partial charge >= 0.3 is 0 Å². The molecule has 0 unspecified atom stereocenters. The van der Waals surface area contributed by atoms with Crippen molar-refractivity contribution in [1.82, 2.24) is 0 Å². The fraction of sp³-hybridized carbons (Fsp3) is 0.111. The molecule has 0 spiro atoms. The van der Waals surface area contributed by atoms with Crippen LogP contribution in [0.4, 0.5) is 10.1 Å². The highest BCUT2D eigenvalue weighted by Crippen LogP contribution is 2.32. The van der Waals surface area contributed by atoms with Gasteiger partial charge in [-0.25, -0.2) is 4.39 Å². The van der Waals surface area contributed by atoms with Crippen molar-refractivity contribution in [1.29, 1.82) is 0 Å². The molecular weight excluding hydrogens is 253 g/mol. The quantitative estimate of drug-likeness (QED) is 0.616. The third-order valence-corrected chi connectivity index (χ3v) is 3.49. The molecule has 0 aliphatic heterocycles.